The highest BCUT2D eigenvalue weighted by atomic mass is 16.5. The number of hydrogen-bond donors (Lipinski definition) is 1. The largest absolute Gasteiger partial charge is 0.485 e. The summed E-state index contributed by atoms with van der Waals surface area (Å²) in [5, 5.41) is 20.3. The lowest BCUT2D eigenvalue weighted by molar-refractivity contribution is 0.257. The van der Waals surface area contributed by atoms with Gasteiger partial charge in [-0.3, -0.25) is 0 Å². The number of rotatable bonds is 5. The van der Waals surface area contributed by atoms with Crippen molar-refractivity contribution in [2.45, 2.75) is 20.1 Å². The van der Waals surface area contributed by atoms with Gasteiger partial charge in [0, 0.05) is 0 Å². The van der Waals surface area contributed by atoms with Crippen LogP contribution in [0.4, 0.5) is 0 Å². The average molecular weight is 234 g/mol. The molecule has 2 rings (SSSR count). The lowest BCUT2D eigenvalue weighted by atomic mass is 10.2. The zero-order chi connectivity index (χ0) is 12.1. The molecular formula is C11H14N4O2. The number of aryl methyl sites for hydroxylation is 1. The molecule has 1 aromatic carbocycles. The van der Waals surface area contributed by atoms with Crippen LogP contribution in [0.3, 0.4) is 0 Å². The van der Waals surface area contributed by atoms with E-state index in [2.05, 4.69) is 15.4 Å². The molecule has 6 heteroatoms. The molecule has 6 nitrogen and oxygen atoms in total. The minimum Gasteiger partial charge on any atom is -0.485 e. The van der Waals surface area contributed by atoms with Crippen molar-refractivity contribution in [2.75, 3.05) is 6.61 Å². The summed E-state index contributed by atoms with van der Waals surface area (Å²) in [6.07, 6.45) is 0. The van der Waals surface area contributed by atoms with Crippen LogP contribution in [0.1, 0.15) is 11.4 Å². The first kappa shape index (κ1) is 11.5. The van der Waals surface area contributed by atoms with Crippen LogP contribution < -0.4 is 4.74 Å². The molecule has 0 amide bonds. The van der Waals surface area contributed by atoms with Gasteiger partial charge in [0.05, 0.1) is 13.2 Å². The van der Waals surface area contributed by atoms with E-state index in [0.717, 1.165) is 11.3 Å². The Morgan fingerprint density at radius 2 is 2.29 bits per heavy atom. The van der Waals surface area contributed by atoms with Gasteiger partial charge in [-0.25, -0.2) is 0 Å². The third-order valence-corrected chi connectivity index (χ3v) is 2.15. The Morgan fingerprint density at radius 3 is 3.06 bits per heavy atom. The Morgan fingerprint density at radius 1 is 1.41 bits per heavy atom. The van der Waals surface area contributed by atoms with Crippen LogP contribution >= 0.6 is 0 Å². The van der Waals surface area contributed by atoms with Crippen molar-refractivity contribution in [3.8, 4) is 5.75 Å². The fourth-order valence-electron chi connectivity index (χ4n) is 1.37. The Hall–Kier alpha value is -1.95. The van der Waals surface area contributed by atoms with Crippen LogP contribution in [0.15, 0.2) is 24.3 Å². The Labute approximate surface area is 98.8 Å². The molecule has 1 N–H and O–H groups in total. The van der Waals surface area contributed by atoms with Gasteiger partial charge in [-0.15, -0.1) is 10.2 Å². The number of aromatic nitrogens is 4. The summed E-state index contributed by atoms with van der Waals surface area (Å²) in [6, 6.07) is 7.76. The van der Waals surface area contributed by atoms with Crippen molar-refractivity contribution in [3.05, 3.63) is 35.7 Å². The van der Waals surface area contributed by atoms with Crippen molar-refractivity contribution < 1.29 is 9.84 Å². The first-order valence-electron chi connectivity index (χ1n) is 5.35. The standard InChI is InChI=1S/C11H14N4O2/c1-9-3-2-4-10(7-9)17-8-11-12-14-15(13-11)5-6-16/h2-4,7,16H,5-6,8H2,1H3. The van der Waals surface area contributed by atoms with Crippen molar-refractivity contribution in [1.82, 2.24) is 20.2 Å². The summed E-state index contributed by atoms with van der Waals surface area (Å²) in [5.74, 6) is 1.28. The van der Waals surface area contributed by atoms with E-state index in [1.165, 1.54) is 4.80 Å². The van der Waals surface area contributed by atoms with Crippen LogP contribution in [-0.2, 0) is 13.2 Å². The van der Waals surface area contributed by atoms with Crippen molar-refractivity contribution in [3.63, 3.8) is 0 Å². The van der Waals surface area contributed by atoms with E-state index in [1.807, 2.05) is 31.2 Å². The molecule has 0 atom stereocenters. The summed E-state index contributed by atoms with van der Waals surface area (Å²) >= 11 is 0. The fourth-order valence-corrected chi connectivity index (χ4v) is 1.37. The third-order valence-electron chi connectivity index (χ3n) is 2.15. The predicted octanol–water partition coefficient (Wildman–Crippen LogP) is 0.553. The van der Waals surface area contributed by atoms with E-state index >= 15 is 0 Å². The number of aliphatic hydroxyl groups is 1. The molecule has 0 fully saturated rings. The SMILES string of the molecule is Cc1cccc(OCc2nnn(CCO)n2)c1. The second-order valence-corrected chi connectivity index (χ2v) is 3.63. The van der Waals surface area contributed by atoms with Gasteiger partial charge >= 0.3 is 0 Å². The van der Waals surface area contributed by atoms with Gasteiger partial charge in [0.1, 0.15) is 5.75 Å². The Bertz CT molecular complexity index is 484. The van der Waals surface area contributed by atoms with E-state index < -0.39 is 0 Å². The monoisotopic (exact) mass is 234 g/mol. The molecule has 17 heavy (non-hydrogen) atoms. The van der Waals surface area contributed by atoms with Crippen LogP contribution in [0.25, 0.3) is 0 Å². The quantitative estimate of drug-likeness (QED) is 0.818. The molecule has 0 saturated heterocycles. The molecular weight excluding hydrogens is 220 g/mol. The van der Waals surface area contributed by atoms with Crippen molar-refractivity contribution in [2.24, 2.45) is 0 Å². The number of hydrogen-bond acceptors (Lipinski definition) is 5. The van der Waals surface area contributed by atoms with E-state index in [1.54, 1.807) is 0 Å². The minimum atomic E-state index is -0.00542. The zero-order valence-corrected chi connectivity index (χ0v) is 9.58. The molecule has 90 valence electrons. The van der Waals surface area contributed by atoms with E-state index in [0.29, 0.717) is 12.4 Å². The van der Waals surface area contributed by atoms with Crippen LogP contribution in [-0.4, -0.2) is 31.9 Å². The summed E-state index contributed by atoms with van der Waals surface area (Å²) in [7, 11) is 0. The molecule has 0 spiro atoms. The topological polar surface area (TPSA) is 73.1 Å². The van der Waals surface area contributed by atoms with E-state index in [9.17, 15) is 0 Å². The highest BCUT2D eigenvalue weighted by molar-refractivity contribution is 5.27. The smallest absolute Gasteiger partial charge is 0.212 e. The second-order valence-electron chi connectivity index (χ2n) is 3.63. The predicted molar refractivity (Wildman–Crippen MR) is 60.4 cm³/mol. The minimum absolute atomic E-state index is 0.00542. The maximum Gasteiger partial charge on any atom is 0.212 e. The maximum absolute atomic E-state index is 8.71. The number of nitrogens with zero attached hydrogens (tertiary/aromatic N) is 4. The van der Waals surface area contributed by atoms with Gasteiger partial charge in [-0.05, 0) is 29.8 Å². The second kappa shape index (κ2) is 5.40. The first-order chi connectivity index (χ1) is 8.28. The lowest BCUT2D eigenvalue weighted by Crippen LogP contribution is -2.06. The maximum atomic E-state index is 8.71. The molecule has 0 radical (unpaired) electrons. The van der Waals surface area contributed by atoms with Crippen LogP contribution in [0.2, 0.25) is 0 Å². The van der Waals surface area contributed by atoms with Crippen LogP contribution in [0.5, 0.6) is 5.75 Å². The highest BCUT2D eigenvalue weighted by Crippen LogP contribution is 2.13. The number of aliphatic hydroxyl groups excluding tert-OH is 1. The molecule has 2 aromatic rings. The van der Waals surface area contributed by atoms with Gasteiger partial charge in [-0.2, -0.15) is 4.80 Å². The normalized spacial score (nSPS) is 10.5. The number of ether oxygens (including phenoxy) is 1. The Balaban J connectivity index is 1.93. The molecule has 0 saturated carbocycles. The summed E-state index contributed by atoms with van der Waals surface area (Å²) in [4.78, 5) is 1.34. The molecule has 0 unspecified atom stereocenters. The van der Waals surface area contributed by atoms with Gasteiger partial charge in [0.15, 0.2) is 6.61 Å². The number of benzene rings is 1. The van der Waals surface area contributed by atoms with E-state index in [-0.39, 0.29) is 13.2 Å². The Kier molecular flexibility index (Phi) is 3.66. The highest BCUT2D eigenvalue weighted by Gasteiger charge is 2.03. The summed E-state index contributed by atoms with van der Waals surface area (Å²) < 4.78 is 5.52. The summed E-state index contributed by atoms with van der Waals surface area (Å²) in [5.41, 5.74) is 1.14. The molecule has 0 aliphatic carbocycles. The van der Waals surface area contributed by atoms with Gasteiger partial charge in [-0.1, -0.05) is 12.1 Å². The fraction of sp³-hybridized carbons (Fsp3) is 0.364. The lowest BCUT2D eigenvalue weighted by Gasteiger charge is -2.03. The van der Waals surface area contributed by atoms with E-state index in [4.69, 9.17) is 9.84 Å². The zero-order valence-electron chi connectivity index (χ0n) is 9.58. The summed E-state index contributed by atoms with van der Waals surface area (Å²) in [6.45, 7) is 2.61. The first-order valence-corrected chi connectivity index (χ1v) is 5.35. The van der Waals surface area contributed by atoms with Crippen molar-refractivity contribution in [1.29, 1.82) is 0 Å². The van der Waals surface area contributed by atoms with Gasteiger partial charge in [0.2, 0.25) is 5.82 Å². The van der Waals surface area contributed by atoms with Gasteiger partial charge < -0.3 is 9.84 Å². The molecule has 0 bridgehead atoms. The molecule has 0 aliphatic rings. The van der Waals surface area contributed by atoms with Gasteiger partial charge in [0.25, 0.3) is 0 Å². The molecule has 0 aliphatic heterocycles. The van der Waals surface area contributed by atoms with Crippen molar-refractivity contribution >= 4 is 0 Å². The average Bonchev–Trinajstić information content (AvgIpc) is 2.75. The molecule has 1 heterocycles. The number of tetrazole rings is 1. The van der Waals surface area contributed by atoms with Crippen LogP contribution in [0, 0.1) is 6.92 Å². The third kappa shape index (κ3) is 3.25. The molecule has 1 aromatic heterocycles.